The highest BCUT2D eigenvalue weighted by atomic mass is 35.5. The van der Waals surface area contributed by atoms with Gasteiger partial charge in [0.25, 0.3) is 5.91 Å². The average molecular weight is 409 g/mol. The van der Waals surface area contributed by atoms with E-state index in [1.54, 1.807) is 11.3 Å². The number of aromatic nitrogens is 1. The van der Waals surface area contributed by atoms with Crippen molar-refractivity contribution in [3.05, 3.63) is 16.1 Å². The fourth-order valence-corrected chi connectivity index (χ4v) is 4.02. The van der Waals surface area contributed by atoms with E-state index in [4.69, 9.17) is 0 Å². The number of carbonyl (C=O) groups excluding carboxylic acids is 2. The van der Waals surface area contributed by atoms with Crippen molar-refractivity contribution in [2.45, 2.75) is 38.6 Å². The number of likely N-dealkylation sites (tertiary alicyclic amines) is 1. The lowest BCUT2D eigenvalue weighted by Gasteiger charge is -2.40. The maximum Gasteiger partial charge on any atom is 0.273 e. The molecule has 142 valence electrons. The maximum atomic E-state index is 12.7. The van der Waals surface area contributed by atoms with Crippen LogP contribution in [0, 0.1) is 0 Å². The molecule has 1 aromatic rings. The summed E-state index contributed by atoms with van der Waals surface area (Å²) in [6.07, 6.45) is 1.92. The van der Waals surface area contributed by atoms with Crippen LogP contribution in [0.2, 0.25) is 0 Å². The summed E-state index contributed by atoms with van der Waals surface area (Å²) in [6, 6.07) is 0.144. The Kier molecular flexibility index (Phi) is 8.60. The minimum absolute atomic E-state index is 0. The van der Waals surface area contributed by atoms with Gasteiger partial charge in [-0.15, -0.1) is 36.2 Å². The van der Waals surface area contributed by atoms with Gasteiger partial charge in [0.2, 0.25) is 5.91 Å². The smallest absolute Gasteiger partial charge is 0.273 e. The topological polar surface area (TPSA) is 65.5 Å². The molecule has 0 bridgehead atoms. The van der Waals surface area contributed by atoms with Crippen molar-refractivity contribution in [2.75, 3.05) is 32.7 Å². The van der Waals surface area contributed by atoms with E-state index in [-0.39, 0.29) is 42.7 Å². The zero-order valence-corrected chi connectivity index (χ0v) is 17.0. The molecule has 9 heteroatoms. The van der Waals surface area contributed by atoms with E-state index < -0.39 is 0 Å². The minimum atomic E-state index is 0. The molecule has 2 amide bonds. The van der Waals surface area contributed by atoms with Crippen molar-refractivity contribution in [1.29, 1.82) is 0 Å². The Balaban J connectivity index is 0.00000156. The number of nitrogens with one attached hydrogen (secondary N) is 1. The molecule has 1 atom stereocenters. The molecule has 0 radical (unpaired) electrons. The lowest BCUT2D eigenvalue weighted by atomic mass is 10.0. The van der Waals surface area contributed by atoms with Gasteiger partial charge in [0, 0.05) is 43.5 Å². The summed E-state index contributed by atoms with van der Waals surface area (Å²) in [5.74, 6) is 0.487. The van der Waals surface area contributed by atoms with Crippen molar-refractivity contribution in [3.63, 3.8) is 0 Å². The average Bonchev–Trinajstić information content (AvgIpc) is 3.05. The number of nitrogens with zero attached hydrogens (tertiary/aromatic N) is 3. The van der Waals surface area contributed by atoms with Crippen LogP contribution in [0.15, 0.2) is 5.38 Å². The molecular formula is C16H26Cl2N4O2S. The molecule has 2 fully saturated rings. The molecule has 3 rings (SSSR count). The first-order valence-corrected chi connectivity index (χ1v) is 9.19. The molecule has 0 aromatic carbocycles. The van der Waals surface area contributed by atoms with Crippen molar-refractivity contribution < 1.29 is 9.59 Å². The Morgan fingerprint density at radius 1 is 1.36 bits per heavy atom. The molecule has 2 aliphatic heterocycles. The summed E-state index contributed by atoms with van der Waals surface area (Å²) in [5.41, 5.74) is 0.547. The van der Waals surface area contributed by atoms with E-state index in [0.717, 1.165) is 37.5 Å². The number of hydrogen-bond acceptors (Lipinski definition) is 5. The van der Waals surface area contributed by atoms with Gasteiger partial charge in [-0.1, -0.05) is 13.8 Å². The SMILES string of the molecule is CC(C)c1nc(C(=O)N2CCCC(N3CCNCC3=O)C2)cs1.Cl.Cl. The number of carbonyl (C=O) groups is 2. The van der Waals surface area contributed by atoms with Crippen LogP contribution in [-0.2, 0) is 4.79 Å². The van der Waals surface area contributed by atoms with Crippen LogP contribution in [0.5, 0.6) is 0 Å². The summed E-state index contributed by atoms with van der Waals surface area (Å²) < 4.78 is 0. The van der Waals surface area contributed by atoms with Gasteiger partial charge in [0.15, 0.2) is 0 Å². The molecule has 6 nitrogen and oxygen atoms in total. The first kappa shape index (κ1) is 22.2. The molecule has 1 N–H and O–H groups in total. The fourth-order valence-electron chi connectivity index (χ4n) is 3.21. The molecule has 25 heavy (non-hydrogen) atoms. The Bertz CT molecular complexity index is 596. The van der Waals surface area contributed by atoms with Crippen LogP contribution >= 0.6 is 36.2 Å². The highest BCUT2D eigenvalue weighted by molar-refractivity contribution is 7.09. The number of amides is 2. The summed E-state index contributed by atoms with van der Waals surface area (Å²) in [7, 11) is 0. The second kappa shape index (κ2) is 9.71. The molecule has 0 spiro atoms. The third kappa shape index (κ3) is 5.06. The lowest BCUT2D eigenvalue weighted by molar-refractivity contribution is -0.135. The maximum absolute atomic E-state index is 12.7. The van der Waals surface area contributed by atoms with E-state index in [0.29, 0.717) is 24.7 Å². The zero-order chi connectivity index (χ0) is 16.4. The third-order valence-electron chi connectivity index (χ3n) is 4.49. The number of piperidine rings is 1. The highest BCUT2D eigenvalue weighted by Crippen LogP contribution is 2.22. The van der Waals surface area contributed by atoms with E-state index in [1.807, 2.05) is 15.2 Å². The predicted molar refractivity (Wildman–Crippen MR) is 104 cm³/mol. The summed E-state index contributed by atoms with van der Waals surface area (Å²) >= 11 is 1.55. The van der Waals surface area contributed by atoms with Crippen LogP contribution < -0.4 is 5.32 Å². The minimum Gasteiger partial charge on any atom is -0.336 e. The second-order valence-electron chi connectivity index (χ2n) is 6.54. The van der Waals surface area contributed by atoms with Gasteiger partial charge >= 0.3 is 0 Å². The van der Waals surface area contributed by atoms with Gasteiger partial charge in [0.1, 0.15) is 5.69 Å². The van der Waals surface area contributed by atoms with E-state index >= 15 is 0 Å². The zero-order valence-electron chi connectivity index (χ0n) is 14.6. The quantitative estimate of drug-likeness (QED) is 0.831. The van der Waals surface area contributed by atoms with Crippen molar-refractivity contribution in [1.82, 2.24) is 20.1 Å². The van der Waals surface area contributed by atoms with Gasteiger partial charge in [-0.05, 0) is 12.8 Å². The van der Waals surface area contributed by atoms with E-state index in [1.165, 1.54) is 0 Å². The molecule has 0 aliphatic carbocycles. The number of halogens is 2. The first-order chi connectivity index (χ1) is 11.1. The molecule has 2 saturated heterocycles. The van der Waals surface area contributed by atoms with Gasteiger partial charge in [0.05, 0.1) is 11.6 Å². The Labute approximate surface area is 165 Å². The normalized spacial score (nSPS) is 20.9. The number of thiazole rings is 1. The highest BCUT2D eigenvalue weighted by Gasteiger charge is 2.32. The van der Waals surface area contributed by atoms with Crippen molar-refractivity contribution in [2.24, 2.45) is 0 Å². The number of hydrogen-bond donors (Lipinski definition) is 1. The summed E-state index contributed by atoms with van der Waals surface area (Å²) in [5, 5.41) is 5.95. The largest absolute Gasteiger partial charge is 0.336 e. The molecule has 3 heterocycles. The fraction of sp³-hybridized carbons (Fsp3) is 0.688. The molecule has 2 aliphatic rings. The van der Waals surface area contributed by atoms with Crippen LogP contribution in [0.1, 0.15) is 48.1 Å². The van der Waals surface area contributed by atoms with E-state index in [2.05, 4.69) is 24.1 Å². The lowest BCUT2D eigenvalue weighted by Crippen LogP contribution is -2.57. The van der Waals surface area contributed by atoms with Gasteiger partial charge < -0.3 is 15.1 Å². The van der Waals surface area contributed by atoms with E-state index in [9.17, 15) is 9.59 Å². The number of rotatable bonds is 3. The molecule has 0 saturated carbocycles. The van der Waals surface area contributed by atoms with Crippen molar-refractivity contribution >= 4 is 48.0 Å². The molecular weight excluding hydrogens is 383 g/mol. The monoisotopic (exact) mass is 408 g/mol. The van der Waals surface area contributed by atoms with Crippen LogP contribution in [0.25, 0.3) is 0 Å². The Morgan fingerprint density at radius 3 is 2.76 bits per heavy atom. The standard InChI is InChI=1S/C16H24N4O2S.2ClH/c1-11(2)15-18-13(10-23-15)16(22)19-6-3-4-12(9-19)20-7-5-17-8-14(20)21;;/h10-12,17H,3-9H2,1-2H3;2*1H. The Hall–Kier alpha value is -0.890. The van der Waals surface area contributed by atoms with Gasteiger partial charge in [-0.3, -0.25) is 9.59 Å². The van der Waals surface area contributed by atoms with Crippen LogP contribution in [0.4, 0.5) is 0 Å². The van der Waals surface area contributed by atoms with Gasteiger partial charge in [-0.25, -0.2) is 4.98 Å². The Morgan fingerprint density at radius 2 is 2.12 bits per heavy atom. The van der Waals surface area contributed by atoms with Gasteiger partial charge in [-0.2, -0.15) is 0 Å². The third-order valence-corrected chi connectivity index (χ3v) is 5.63. The predicted octanol–water partition coefficient (Wildman–Crippen LogP) is 2.15. The molecule has 1 aromatic heterocycles. The first-order valence-electron chi connectivity index (χ1n) is 8.31. The second-order valence-corrected chi connectivity index (χ2v) is 7.43. The number of piperazine rings is 1. The molecule has 1 unspecified atom stereocenters. The van der Waals surface area contributed by atoms with Crippen LogP contribution in [0.3, 0.4) is 0 Å². The van der Waals surface area contributed by atoms with Crippen LogP contribution in [-0.4, -0.2) is 65.4 Å². The summed E-state index contributed by atoms with van der Waals surface area (Å²) in [4.78, 5) is 33.0. The van der Waals surface area contributed by atoms with Crippen molar-refractivity contribution in [3.8, 4) is 0 Å². The summed E-state index contributed by atoms with van der Waals surface area (Å²) in [6.45, 7) is 7.53.